The van der Waals surface area contributed by atoms with Crippen molar-refractivity contribution in [3.63, 3.8) is 0 Å². The summed E-state index contributed by atoms with van der Waals surface area (Å²) in [6.07, 6.45) is 3.07. The van der Waals surface area contributed by atoms with Gasteiger partial charge in [0.05, 0.1) is 14.1 Å². The number of aromatic nitrogens is 1. The van der Waals surface area contributed by atoms with Crippen LogP contribution in [0.4, 0.5) is 10.5 Å². The molecule has 2 N–H and O–H groups in total. The van der Waals surface area contributed by atoms with Crippen LogP contribution in [0.25, 0.3) is 10.9 Å². The number of benzene rings is 1. The van der Waals surface area contributed by atoms with Crippen LogP contribution in [0.2, 0.25) is 0 Å². The zero-order valence-electron chi connectivity index (χ0n) is 16.2. The maximum Gasteiger partial charge on any atom is 0.407 e. The van der Waals surface area contributed by atoms with Crippen LogP contribution in [0, 0.1) is 0 Å². The van der Waals surface area contributed by atoms with E-state index in [9.17, 15) is 9.59 Å². The molecule has 0 bridgehead atoms. The Balaban J connectivity index is 1.85. The molecule has 1 aliphatic carbocycles. The van der Waals surface area contributed by atoms with Crippen LogP contribution >= 0.6 is 0 Å². The fourth-order valence-corrected chi connectivity index (χ4v) is 3.42. The van der Waals surface area contributed by atoms with E-state index in [1.54, 1.807) is 0 Å². The lowest BCUT2D eigenvalue weighted by atomic mass is 9.91. The minimum Gasteiger partial charge on any atom is -0.444 e. The monoisotopic (exact) mass is 358 g/mol. The molecule has 0 saturated carbocycles. The lowest BCUT2D eigenvalue weighted by molar-refractivity contribution is -0.115. The van der Waals surface area contributed by atoms with Crippen molar-refractivity contribution in [3.05, 3.63) is 29.5 Å². The molecular weight excluding hydrogens is 330 g/mol. The molecule has 0 spiro atoms. The molecule has 0 fully saturated rings. The Kier molecular flexibility index (Phi) is 4.56. The Bertz CT molecular complexity index is 846. The van der Waals surface area contributed by atoms with Crippen molar-refractivity contribution in [2.75, 3.05) is 14.1 Å². The number of carbonyl (C=O) groups is 2. The summed E-state index contributed by atoms with van der Waals surface area (Å²) >= 11 is 0. The van der Waals surface area contributed by atoms with Crippen LogP contribution in [-0.4, -0.2) is 43.2 Å². The van der Waals surface area contributed by atoms with Crippen LogP contribution in [0.1, 0.15) is 38.4 Å². The van der Waals surface area contributed by atoms with Crippen molar-refractivity contribution >= 4 is 29.1 Å². The van der Waals surface area contributed by atoms with E-state index < -0.39 is 5.60 Å². The molecule has 0 radical (unpaired) electrons. The van der Waals surface area contributed by atoms with E-state index in [2.05, 4.69) is 16.4 Å². The number of quaternary nitrogens is 1. The first-order chi connectivity index (χ1) is 12.1. The van der Waals surface area contributed by atoms with E-state index >= 15 is 0 Å². The van der Waals surface area contributed by atoms with Gasteiger partial charge < -0.3 is 15.0 Å². The van der Waals surface area contributed by atoms with E-state index in [1.807, 2.05) is 47.0 Å². The van der Waals surface area contributed by atoms with Gasteiger partial charge in [0.15, 0.2) is 0 Å². The maximum atomic E-state index is 12.1. The van der Waals surface area contributed by atoms with Gasteiger partial charge in [-0.05, 0) is 51.7 Å². The SMILES string of the molecule is CC(C)(C)OC(=O)NC1CCc2[nH]c3ccc([N+](C)(C)C=O)cc3c2C1. The molecule has 1 aromatic heterocycles. The van der Waals surface area contributed by atoms with Crippen molar-refractivity contribution in [1.29, 1.82) is 0 Å². The fraction of sp³-hybridized carbons (Fsp3) is 0.500. The second-order valence-electron chi connectivity index (χ2n) is 8.54. The predicted octanol–water partition coefficient (Wildman–Crippen LogP) is 3.27. The number of hydrogen-bond donors (Lipinski definition) is 2. The molecule has 6 nitrogen and oxygen atoms in total. The first-order valence-electron chi connectivity index (χ1n) is 9.02. The van der Waals surface area contributed by atoms with Gasteiger partial charge in [-0.2, -0.15) is 0 Å². The second-order valence-corrected chi connectivity index (χ2v) is 8.54. The van der Waals surface area contributed by atoms with Crippen molar-refractivity contribution < 1.29 is 14.3 Å². The Morgan fingerprint density at radius 1 is 1.35 bits per heavy atom. The maximum absolute atomic E-state index is 12.1. The molecule has 1 unspecified atom stereocenters. The Hall–Kier alpha value is -2.34. The number of amides is 2. The Morgan fingerprint density at radius 2 is 2.08 bits per heavy atom. The summed E-state index contributed by atoms with van der Waals surface area (Å²) in [7, 11) is 3.72. The number of alkyl carbamates (subject to hydrolysis) is 1. The average molecular weight is 358 g/mol. The minimum atomic E-state index is -0.502. The van der Waals surface area contributed by atoms with E-state index in [-0.39, 0.29) is 16.6 Å². The Labute approximate surface area is 154 Å². The summed E-state index contributed by atoms with van der Waals surface area (Å²) in [5.41, 5.74) is 3.95. The minimum absolute atomic E-state index is 0.0496. The topological polar surface area (TPSA) is 71.2 Å². The predicted molar refractivity (Wildman–Crippen MR) is 103 cm³/mol. The summed E-state index contributed by atoms with van der Waals surface area (Å²) in [6, 6.07) is 6.14. The van der Waals surface area contributed by atoms with Gasteiger partial charge in [-0.15, -0.1) is 0 Å². The van der Waals surface area contributed by atoms with E-state index in [0.717, 1.165) is 42.3 Å². The highest BCUT2D eigenvalue weighted by molar-refractivity contribution is 5.89. The van der Waals surface area contributed by atoms with E-state index in [0.29, 0.717) is 0 Å². The van der Waals surface area contributed by atoms with Crippen molar-refractivity contribution in [1.82, 2.24) is 14.8 Å². The van der Waals surface area contributed by atoms with Gasteiger partial charge in [0, 0.05) is 34.8 Å². The summed E-state index contributed by atoms with van der Waals surface area (Å²) in [6.45, 7) is 5.58. The fourth-order valence-electron chi connectivity index (χ4n) is 3.42. The molecule has 3 rings (SSSR count). The normalized spacial score (nSPS) is 17.7. The quantitative estimate of drug-likeness (QED) is 0.653. The zero-order chi connectivity index (χ0) is 19.1. The van der Waals surface area contributed by atoms with Gasteiger partial charge in [-0.3, -0.25) is 0 Å². The molecule has 2 amide bonds. The number of H-pyrrole nitrogens is 1. The number of ether oxygens (including phenoxy) is 1. The van der Waals surface area contributed by atoms with E-state index in [1.165, 1.54) is 11.3 Å². The highest BCUT2D eigenvalue weighted by Crippen LogP contribution is 2.32. The molecular formula is C20H28N3O3+. The van der Waals surface area contributed by atoms with Gasteiger partial charge in [-0.25, -0.2) is 14.1 Å². The third-order valence-electron chi connectivity index (χ3n) is 4.82. The first kappa shape index (κ1) is 18.5. The van der Waals surface area contributed by atoms with Crippen LogP contribution in [0.15, 0.2) is 18.2 Å². The number of fused-ring (bicyclic) bond motifs is 3. The zero-order valence-corrected chi connectivity index (χ0v) is 16.2. The molecule has 1 aliphatic rings. The second kappa shape index (κ2) is 6.43. The van der Waals surface area contributed by atoms with Crippen LogP contribution in [0.5, 0.6) is 0 Å². The lowest BCUT2D eigenvalue weighted by Crippen LogP contribution is -2.41. The first-order valence-corrected chi connectivity index (χ1v) is 9.02. The molecule has 140 valence electrons. The largest absolute Gasteiger partial charge is 0.444 e. The Morgan fingerprint density at radius 3 is 2.73 bits per heavy atom. The van der Waals surface area contributed by atoms with Crippen LogP contribution in [0.3, 0.4) is 0 Å². The highest BCUT2D eigenvalue weighted by Gasteiger charge is 2.27. The van der Waals surface area contributed by atoms with E-state index in [4.69, 9.17) is 4.74 Å². The van der Waals surface area contributed by atoms with Gasteiger partial charge in [0.1, 0.15) is 11.3 Å². The molecule has 2 aromatic rings. The summed E-state index contributed by atoms with van der Waals surface area (Å²) in [5, 5.41) is 4.12. The van der Waals surface area contributed by atoms with Crippen molar-refractivity contribution in [2.24, 2.45) is 0 Å². The van der Waals surface area contributed by atoms with Crippen LogP contribution < -0.4 is 9.80 Å². The van der Waals surface area contributed by atoms with Crippen LogP contribution in [-0.2, 0) is 22.4 Å². The number of nitrogens with zero attached hydrogens (tertiary/aromatic N) is 1. The molecule has 26 heavy (non-hydrogen) atoms. The molecule has 1 atom stereocenters. The molecule has 1 aromatic carbocycles. The van der Waals surface area contributed by atoms with Gasteiger partial charge in [-0.1, -0.05) is 0 Å². The number of aromatic amines is 1. The van der Waals surface area contributed by atoms with Gasteiger partial charge >= 0.3 is 12.5 Å². The highest BCUT2D eigenvalue weighted by atomic mass is 16.6. The number of nitrogens with one attached hydrogen (secondary N) is 2. The lowest BCUT2D eigenvalue weighted by Gasteiger charge is -2.26. The molecule has 6 heteroatoms. The summed E-state index contributed by atoms with van der Waals surface area (Å²) in [5.74, 6) is 0. The number of carbonyl (C=O) groups excluding carboxylic acids is 2. The van der Waals surface area contributed by atoms with Crippen molar-refractivity contribution in [2.45, 2.75) is 51.7 Å². The summed E-state index contributed by atoms with van der Waals surface area (Å²) < 4.78 is 5.55. The third-order valence-corrected chi connectivity index (χ3v) is 4.82. The van der Waals surface area contributed by atoms with Gasteiger partial charge in [0.25, 0.3) is 0 Å². The smallest absolute Gasteiger partial charge is 0.407 e. The van der Waals surface area contributed by atoms with Crippen molar-refractivity contribution in [3.8, 4) is 0 Å². The third kappa shape index (κ3) is 3.75. The number of hydrogen-bond acceptors (Lipinski definition) is 3. The standard InChI is InChI=1S/C20H27N3O3/c1-20(2,3)26-19(25)21-13-6-8-17-15(10-13)16-11-14(23(4,5)12-24)7-9-18(16)22-17/h7,9,11-13,22H,6,8,10H2,1-5H3/p+1. The summed E-state index contributed by atoms with van der Waals surface area (Å²) in [4.78, 5) is 26.9. The molecule has 1 heterocycles. The number of rotatable bonds is 3. The molecule has 0 aliphatic heterocycles. The van der Waals surface area contributed by atoms with Gasteiger partial charge in [0.2, 0.25) is 0 Å². The number of aryl methyl sites for hydroxylation is 1. The molecule has 0 saturated heterocycles. The average Bonchev–Trinajstić information content (AvgIpc) is 2.90.